The average Bonchev–Trinajstić information content (AvgIpc) is 3.18. The van der Waals surface area contributed by atoms with Gasteiger partial charge in [0.1, 0.15) is 0 Å². The van der Waals surface area contributed by atoms with E-state index >= 15 is 0 Å². The summed E-state index contributed by atoms with van der Waals surface area (Å²) in [4.78, 5) is 9.82. The highest BCUT2D eigenvalue weighted by Gasteiger charge is 2.62. The van der Waals surface area contributed by atoms with E-state index in [2.05, 4.69) is 37.6 Å². The highest BCUT2D eigenvalue weighted by atomic mass is 16.5. The van der Waals surface area contributed by atoms with Gasteiger partial charge in [-0.1, -0.05) is 39.0 Å². The standard InChI is InChI=1S/C18H22N2O.C4H8O2/c1-17(2)13-10-11-18(17,3)15-14(13)16(21-4)20(19-15)12-8-6-5-7-9-12;1-3-6-4(2)5/h5-9,13H,10-11H2,1-4H3;3H2,1-2H3/t13-,18+;/m0./s1. The van der Waals surface area contributed by atoms with E-state index in [0.29, 0.717) is 12.5 Å². The van der Waals surface area contributed by atoms with E-state index in [4.69, 9.17) is 9.84 Å². The molecule has 1 heterocycles. The van der Waals surface area contributed by atoms with Crippen LogP contribution in [0.5, 0.6) is 5.88 Å². The fourth-order valence-electron chi connectivity index (χ4n) is 4.71. The van der Waals surface area contributed by atoms with Gasteiger partial charge in [0.25, 0.3) is 0 Å². The molecule has 0 N–H and O–H groups in total. The molecule has 1 aromatic heterocycles. The third kappa shape index (κ3) is 2.93. The molecule has 2 aromatic rings. The third-order valence-electron chi connectivity index (χ3n) is 6.52. The zero-order valence-corrected chi connectivity index (χ0v) is 17.2. The second-order valence-electron chi connectivity index (χ2n) is 8.09. The van der Waals surface area contributed by atoms with Crippen molar-refractivity contribution < 1.29 is 14.3 Å². The van der Waals surface area contributed by atoms with Gasteiger partial charge >= 0.3 is 5.97 Å². The summed E-state index contributed by atoms with van der Waals surface area (Å²) in [6.07, 6.45) is 2.47. The molecular formula is C22H30N2O3. The van der Waals surface area contributed by atoms with Gasteiger partial charge in [0.2, 0.25) is 5.88 Å². The quantitative estimate of drug-likeness (QED) is 0.740. The number of esters is 1. The van der Waals surface area contributed by atoms with E-state index in [9.17, 15) is 4.79 Å². The first kappa shape index (κ1) is 19.5. The Morgan fingerprint density at radius 3 is 2.44 bits per heavy atom. The SMILES string of the molecule is CCOC(C)=O.COc1c2c(nn1-c1ccccc1)[C@@]1(C)CC[C@@H]2C1(C)C. The van der Waals surface area contributed by atoms with Crippen LogP contribution in [0.3, 0.4) is 0 Å². The minimum atomic E-state index is -0.211. The summed E-state index contributed by atoms with van der Waals surface area (Å²) in [5, 5.41) is 4.97. The summed E-state index contributed by atoms with van der Waals surface area (Å²) in [6.45, 7) is 10.8. The number of fused-ring (bicyclic) bond motifs is 5. The van der Waals surface area contributed by atoms with Gasteiger partial charge in [0.15, 0.2) is 0 Å². The number of methoxy groups -OCH3 is 1. The van der Waals surface area contributed by atoms with Crippen LogP contribution in [0.4, 0.5) is 0 Å². The van der Waals surface area contributed by atoms with Crippen LogP contribution in [0.1, 0.15) is 64.6 Å². The van der Waals surface area contributed by atoms with Crippen molar-refractivity contribution in [2.24, 2.45) is 5.41 Å². The van der Waals surface area contributed by atoms with Crippen molar-refractivity contribution in [3.05, 3.63) is 41.6 Å². The number of para-hydroxylation sites is 1. The van der Waals surface area contributed by atoms with Gasteiger partial charge in [0, 0.05) is 17.9 Å². The second kappa shape index (κ2) is 7.02. The van der Waals surface area contributed by atoms with Gasteiger partial charge in [-0.2, -0.15) is 5.10 Å². The molecule has 1 fully saturated rings. The molecule has 0 aliphatic heterocycles. The van der Waals surface area contributed by atoms with Crippen molar-refractivity contribution in [3.8, 4) is 11.6 Å². The first-order valence-corrected chi connectivity index (χ1v) is 9.64. The van der Waals surface area contributed by atoms with Crippen molar-refractivity contribution in [1.82, 2.24) is 9.78 Å². The number of ether oxygens (including phenoxy) is 2. The summed E-state index contributed by atoms with van der Waals surface area (Å²) in [5.74, 6) is 1.28. The molecule has 2 aliphatic rings. The first-order chi connectivity index (χ1) is 12.8. The summed E-state index contributed by atoms with van der Waals surface area (Å²) in [5.41, 5.74) is 4.11. The predicted molar refractivity (Wildman–Crippen MR) is 106 cm³/mol. The second-order valence-corrected chi connectivity index (χ2v) is 8.09. The van der Waals surface area contributed by atoms with Gasteiger partial charge in [-0.25, -0.2) is 4.68 Å². The number of carbonyl (C=O) groups excluding carboxylic acids is 1. The molecular weight excluding hydrogens is 340 g/mol. The lowest BCUT2D eigenvalue weighted by atomic mass is 9.70. The molecule has 1 saturated carbocycles. The molecule has 0 amide bonds. The van der Waals surface area contributed by atoms with Crippen molar-refractivity contribution in [2.45, 2.75) is 58.8 Å². The van der Waals surface area contributed by atoms with Crippen LogP contribution in [-0.2, 0) is 14.9 Å². The highest BCUT2D eigenvalue weighted by molar-refractivity contribution is 5.65. The lowest BCUT2D eigenvalue weighted by molar-refractivity contribution is -0.140. The predicted octanol–water partition coefficient (Wildman–Crippen LogP) is 4.63. The molecule has 0 spiro atoms. The molecule has 0 unspecified atom stereocenters. The smallest absolute Gasteiger partial charge is 0.302 e. The lowest BCUT2D eigenvalue weighted by Crippen LogP contribution is -2.32. The zero-order valence-electron chi connectivity index (χ0n) is 17.2. The molecule has 5 heteroatoms. The Hall–Kier alpha value is -2.30. The van der Waals surface area contributed by atoms with E-state index < -0.39 is 0 Å². The Morgan fingerprint density at radius 2 is 1.93 bits per heavy atom. The Bertz CT molecular complexity index is 826. The van der Waals surface area contributed by atoms with E-state index in [0.717, 1.165) is 11.6 Å². The maximum atomic E-state index is 9.82. The first-order valence-electron chi connectivity index (χ1n) is 9.64. The molecule has 1 aromatic carbocycles. The van der Waals surface area contributed by atoms with Crippen molar-refractivity contribution in [3.63, 3.8) is 0 Å². The van der Waals surface area contributed by atoms with Crippen LogP contribution in [-0.4, -0.2) is 29.5 Å². The van der Waals surface area contributed by atoms with Crippen LogP contribution in [0.15, 0.2) is 30.3 Å². The molecule has 2 aliphatic carbocycles. The van der Waals surface area contributed by atoms with Crippen LogP contribution in [0.25, 0.3) is 5.69 Å². The maximum absolute atomic E-state index is 9.82. The van der Waals surface area contributed by atoms with Crippen molar-refractivity contribution in [2.75, 3.05) is 13.7 Å². The van der Waals surface area contributed by atoms with Gasteiger partial charge in [0.05, 0.1) is 25.1 Å². The van der Waals surface area contributed by atoms with E-state index in [1.165, 1.54) is 31.0 Å². The minimum Gasteiger partial charge on any atom is -0.481 e. The normalized spacial score (nSPS) is 24.0. The number of nitrogens with zero attached hydrogens (tertiary/aromatic N) is 2. The largest absolute Gasteiger partial charge is 0.481 e. The Labute approximate surface area is 161 Å². The van der Waals surface area contributed by atoms with E-state index in [1.54, 1.807) is 14.0 Å². The molecule has 27 heavy (non-hydrogen) atoms. The number of benzene rings is 1. The monoisotopic (exact) mass is 370 g/mol. The fourth-order valence-corrected chi connectivity index (χ4v) is 4.71. The number of carbonyl (C=O) groups is 1. The van der Waals surface area contributed by atoms with E-state index in [-0.39, 0.29) is 16.8 Å². The van der Waals surface area contributed by atoms with E-state index in [1.807, 2.05) is 22.9 Å². The topological polar surface area (TPSA) is 53.4 Å². The van der Waals surface area contributed by atoms with Crippen LogP contribution in [0, 0.1) is 5.41 Å². The number of hydrogen-bond acceptors (Lipinski definition) is 4. The minimum absolute atomic E-state index is 0.167. The Morgan fingerprint density at radius 1 is 1.26 bits per heavy atom. The number of rotatable bonds is 3. The zero-order chi connectivity index (χ0) is 19.8. The molecule has 2 bridgehead atoms. The Balaban J connectivity index is 0.000000307. The van der Waals surface area contributed by atoms with Gasteiger partial charge in [-0.15, -0.1) is 0 Å². The number of hydrogen-bond donors (Lipinski definition) is 0. The molecule has 0 radical (unpaired) electrons. The molecule has 146 valence electrons. The third-order valence-corrected chi connectivity index (χ3v) is 6.52. The van der Waals surface area contributed by atoms with Crippen molar-refractivity contribution in [1.29, 1.82) is 0 Å². The molecule has 5 nitrogen and oxygen atoms in total. The molecule has 4 rings (SSSR count). The van der Waals surface area contributed by atoms with Gasteiger partial charge in [-0.3, -0.25) is 4.79 Å². The van der Waals surface area contributed by atoms with Crippen molar-refractivity contribution >= 4 is 5.97 Å². The maximum Gasteiger partial charge on any atom is 0.302 e. The summed E-state index contributed by atoms with van der Waals surface area (Å²) >= 11 is 0. The van der Waals surface area contributed by atoms with Crippen LogP contribution >= 0.6 is 0 Å². The molecule has 0 saturated heterocycles. The van der Waals surface area contributed by atoms with Gasteiger partial charge < -0.3 is 9.47 Å². The van der Waals surface area contributed by atoms with Crippen LogP contribution < -0.4 is 4.74 Å². The summed E-state index contributed by atoms with van der Waals surface area (Å²) in [6, 6.07) is 10.3. The lowest BCUT2D eigenvalue weighted by Gasteiger charge is -2.34. The number of aromatic nitrogens is 2. The van der Waals surface area contributed by atoms with Gasteiger partial charge in [-0.05, 0) is 43.2 Å². The summed E-state index contributed by atoms with van der Waals surface area (Å²) in [7, 11) is 1.76. The average molecular weight is 370 g/mol. The van der Waals surface area contributed by atoms with Crippen LogP contribution in [0.2, 0.25) is 0 Å². The molecule has 2 atom stereocenters. The summed E-state index contributed by atoms with van der Waals surface area (Å²) < 4.78 is 12.2. The highest BCUT2D eigenvalue weighted by Crippen LogP contribution is 2.69. The Kier molecular flexibility index (Phi) is 5.06. The fraction of sp³-hybridized carbons (Fsp3) is 0.545.